The highest BCUT2D eigenvalue weighted by molar-refractivity contribution is 8.00. The predicted molar refractivity (Wildman–Crippen MR) is 77.8 cm³/mol. The lowest BCUT2D eigenvalue weighted by atomic mass is 9.94. The van der Waals surface area contributed by atoms with Gasteiger partial charge in [0.2, 0.25) is 5.91 Å². The summed E-state index contributed by atoms with van der Waals surface area (Å²) >= 11 is 1.66. The third-order valence-electron chi connectivity index (χ3n) is 3.76. The lowest BCUT2D eigenvalue weighted by Gasteiger charge is -2.33. The van der Waals surface area contributed by atoms with Gasteiger partial charge in [0.15, 0.2) is 0 Å². The lowest BCUT2D eigenvalue weighted by molar-refractivity contribution is -0.131. The maximum atomic E-state index is 12.3. The summed E-state index contributed by atoms with van der Waals surface area (Å²) in [6.45, 7) is 4.19. The van der Waals surface area contributed by atoms with Gasteiger partial charge in [0.25, 0.3) is 0 Å². The predicted octanol–water partition coefficient (Wildman–Crippen LogP) is 2.53. The zero-order valence-corrected chi connectivity index (χ0v) is 12.7. The van der Waals surface area contributed by atoms with Crippen LogP contribution in [0.15, 0.2) is 0 Å². The van der Waals surface area contributed by atoms with Crippen molar-refractivity contribution >= 4 is 17.7 Å². The van der Waals surface area contributed by atoms with Gasteiger partial charge in [-0.15, -0.1) is 11.8 Å². The molecule has 1 rings (SSSR count). The SMILES string of the molecule is CC(CO)CSC(C)C(=O)N(C)C1CCCCC1. The molecule has 0 aromatic heterocycles. The van der Waals surface area contributed by atoms with E-state index in [0.29, 0.717) is 6.04 Å². The minimum absolute atomic E-state index is 0.00549. The molecule has 1 amide bonds. The van der Waals surface area contributed by atoms with E-state index in [2.05, 4.69) is 0 Å². The van der Waals surface area contributed by atoms with Gasteiger partial charge in [-0.05, 0) is 31.4 Å². The molecule has 1 aliphatic carbocycles. The highest BCUT2D eigenvalue weighted by Gasteiger charge is 2.25. The zero-order chi connectivity index (χ0) is 13.5. The molecule has 1 fully saturated rings. The molecule has 1 aliphatic rings. The number of aliphatic hydroxyl groups is 1. The second-order valence-corrected chi connectivity index (χ2v) is 6.88. The summed E-state index contributed by atoms with van der Waals surface area (Å²) < 4.78 is 0. The molecule has 1 N–H and O–H groups in total. The quantitative estimate of drug-likeness (QED) is 0.808. The molecule has 18 heavy (non-hydrogen) atoms. The Labute approximate surface area is 115 Å². The Morgan fingerprint density at radius 2 is 1.94 bits per heavy atom. The summed E-state index contributed by atoms with van der Waals surface area (Å²) in [5, 5.41) is 9.00. The Kier molecular flexibility index (Phi) is 7.08. The molecule has 0 radical (unpaired) electrons. The number of amides is 1. The van der Waals surface area contributed by atoms with Crippen molar-refractivity contribution in [2.75, 3.05) is 19.4 Å². The first kappa shape index (κ1) is 15.8. The van der Waals surface area contributed by atoms with Gasteiger partial charge in [0, 0.05) is 19.7 Å². The first-order valence-electron chi connectivity index (χ1n) is 7.05. The molecular weight excluding hydrogens is 246 g/mol. The molecule has 3 nitrogen and oxygen atoms in total. The van der Waals surface area contributed by atoms with Crippen LogP contribution in [0.5, 0.6) is 0 Å². The number of rotatable bonds is 6. The molecule has 0 saturated heterocycles. The van der Waals surface area contributed by atoms with Crippen LogP contribution in [0, 0.1) is 5.92 Å². The van der Waals surface area contributed by atoms with Gasteiger partial charge in [-0.1, -0.05) is 26.2 Å². The monoisotopic (exact) mass is 273 g/mol. The number of hydrogen-bond acceptors (Lipinski definition) is 3. The van der Waals surface area contributed by atoms with Crippen LogP contribution in [0.3, 0.4) is 0 Å². The Morgan fingerprint density at radius 3 is 2.50 bits per heavy atom. The second-order valence-electron chi connectivity index (χ2n) is 5.50. The fourth-order valence-corrected chi connectivity index (χ4v) is 3.40. The van der Waals surface area contributed by atoms with Gasteiger partial charge in [-0.3, -0.25) is 4.79 Å². The summed E-state index contributed by atoms with van der Waals surface area (Å²) in [5.74, 6) is 1.37. The summed E-state index contributed by atoms with van der Waals surface area (Å²) in [7, 11) is 1.95. The fourth-order valence-electron chi connectivity index (χ4n) is 2.37. The molecule has 2 unspecified atom stereocenters. The van der Waals surface area contributed by atoms with Crippen LogP contribution in [-0.4, -0.2) is 46.6 Å². The van der Waals surface area contributed by atoms with Gasteiger partial charge in [-0.2, -0.15) is 0 Å². The molecule has 0 heterocycles. The van der Waals surface area contributed by atoms with Gasteiger partial charge < -0.3 is 10.0 Å². The van der Waals surface area contributed by atoms with Crippen molar-refractivity contribution in [2.45, 2.75) is 57.2 Å². The van der Waals surface area contributed by atoms with E-state index < -0.39 is 0 Å². The van der Waals surface area contributed by atoms with Crippen molar-refractivity contribution in [3.05, 3.63) is 0 Å². The van der Waals surface area contributed by atoms with Crippen molar-refractivity contribution in [1.29, 1.82) is 0 Å². The Hall–Kier alpha value is -0.220. The van der Waals surface area contributed by atoms with Crippen molar-refractivity contribution < 1.29 is 9.90 Å². The van der Waals surface area contributed by atoms with Crippen molar-refractivity contribution in [1.82, 2.24) is 4.90 Å². The largest absolute Gasteiger partial charge is 0.396 e. The van der Waals surface area contributed by atoms with Crippen LogP contribution < -0.4 is 0 Å². The Bertz CT molecular complexity index is 254. The number of hydrogen-bond donors (Lipinski definition) is 1. The maximum Gasteiger partial charge on any atom is 0.235 e. The molecule has 1 saturated carbocycles. The highest BCUT2D eigenvalue weighted by atomic mass is 32.2. The van der Waals surface area contributed by atoms with E-state index in [9.17, 15) is 4.79 Å². The Morgan fingerprint density at radius 1 is 1.33 bits per heavy atom. The number of carbonyl (C=O) groups excluding carboxylic acids is 1. The third kappa shape index (κ3) is 4.81. The molecule has 0 aromatic rings. The first-order chi connectivity index (χ1) is 8.56. The first-order valence-corrected chi connectivity index (χ1v) is 8.10. The normalized spacial score (nSPS) is 20.4. The maximum absolute atomic E-state index is 12.3. The number of carbonyl (C=O) groups is 1. The number of thioether (sulfide) groups is 1. The molecule has 106 valence electrons. The van der Waals surface area contributed by atoms with Crippen LogP contribution in [0.4, 0.5) is 0 Å². The van der Waals surface area contributed by atoms with Crippen molar-refractivity contribution in [3.63, 3.8) is 0 Å². The van der Waals surface area contributed by atoms with Crippen LogP contribution in [0.25, 0.3) is 0 Å². The smallest absolute Gasteiger partial charge is 0.235 e. The average Bonchev–Trinajstić information content (AvgIpc) is 2.43. The average molecular weight is 273 g/mol. The van der Waals surface area contributed by atoms with E-state index in [1.807, 2.05) is 25.8 Å². The summed E-state index contributed by atoms with van der Waals surface area (Å²) in [4.78, 5) is 14.2. The van der Waals surface area contributed by atoms with Gasteiger partial charge >= 0.3 is 0 Å². The lowest BCUT2D eigenvalue weighted by Crippen LogP contribution is -2.42. The standard InChI is InChI=1S/C14H27NO2S/c1-11(9-16)10-18-12(2)14(17)15(3)13-7-5-4-6-8-13/h11-13,16H,4-10H2,1-3H3. The highest BCUT2D eigenvalue weighted by Crippen LogP contribution is 2.24. The molecule has 0 aromatic carbocycles. The van der Waals surface area contributed by atoms with E-state index in [4.69, 9.17) is 5.11 Å². The Balaban J connectivity index is 2.36. The molecule has 0 spiro atoms. The summed E-state index contributed by atoms with van der Waals surface area (Å²) in [6.07, 6.45) is 6.15. The van der Waals surface area contributed by atoms with Crippen LogP contribution in [0.2, 0.25) is 0 Å². The minimum Gasteiger partial charge on any atom is -0.396 e. The van der Waals surface area contributed by atoms with E-state index in [1.165, 1.54) is 19.3 Å². The molecule has 4 heteroatoms. The topological polar surface area (TPSA) is 40.5 Å². The fraction of sp³-hybridized carbons (Fsp3) is 0.929. The number of aliphatic hydroxyl groups excluding tert-OH is 1. The van der Waals surface area contributed by atoms with E-state index in [1.54, 1.807) is 11.8 Å². The van der Waals surface area contributed by atoms with Crippen molar-refractivity contribution in [2.24, 2.45) is 5.92 Å². The van der Waals surface area contributed by atoms with Crippen LogP contribution in [0.1, 0.15) is 46.0 Å². The molecular formula is C14H27NO2S. The number of nitrogens with zero attached hydrogens (tertiary/aromatic N) is 1. The minimum atomic E-state index is 0.00549. The van der Waals surface area contributed by atoms with Crippen LogP contribution in [-0.2, 0) is 4.79 Å². The van der Waals surface area contributed by atoms with E-state index in [-0.39, 0.29) is 23.7 Å². The zero-order valence-electron chi connectivity index (χ0n) is 11.9. The van der Waals surface area contributed by atoms with Crippen LogP contribution >= 0.6 is 11.8 Å². The van der Waals surface area contributed by atoms with Gasteiger partial charge in [0.1, 0.15) is 0 Å². The van der Waals surface area contributed by atoms with E-state index >= 15 is 0 Å². The van der Waals surface area contributed by atoms with Crippen molar-refractivity contribution in [3.8, 4) is 0 Å². The molecule has 0 bridgehead atoms. The van der Waals surface area contributed by atoms with E-state index in [0.717, 1.165) is 18.6 Å². The van der Waals surface area contributed by atoms with Gasteiger partial charge in [-0.25, -0.2) is 0 Å². The summed E-state index contributed by atoms with van der Waals surface area (Å²) in [6, 6.07) is 0.449. The molecule has 0 aliphatic heterocycles. The second kappa shape index (κ2) is 8.05. The third-order valence-corrected chi connectivity index (χ3v) is 5.22. The molecule has 2 atom stereocenters. The van der Waals surface area contributed by atoms with Gasteiger partial charge in [0.05, 0.1) is 5.25 Å². The summed E-state index contributed by atoms with van der Waals surface area (Å²) in [5.41, 5.74) is 0.